The molecular formula is C18H24N8O3. The molecule has 0 spiro atoms. The summed E-state index contributed by atoms with van der Waals surface area (Å²) >= 11 is 0. The number of benzene rings is 1. The van der Waals surface area contributed by atoms with Gasteiger partial charge in [-0.2, -0.15) is 0 Å². The number of tetrazole rings is 1. The van der Waals surface area contributed by atoms with Crippen molar-refractivity contribution in [1.29, 1.82) is 0 Å². The van der Waals surface area contributed by atoms with Crippen LogP contribution in [0.5, 0.6) is 0 Å². The predicted molar refractivity (Wildman–Crippen MR) is 104 cm³/mol. The molecule has 3 heterocycles. The monoisotopic (exact) mass is 400 g/mol. The van der Waals surface area contributed by atoms with Crippen LogP contribution in [0.3, 0.4) is 0 Å². The molecule has 1 aromatic carbocycles. The fraction of sp³-hybridized carbons (Fsp3) is 0.500. The average molecular weight is 400 g/mol. The fourth-order valence-corrected chi connectivity index (χ4v) is 3.47. The van der Waals surface area contributed by atoms with Crippen molar-refractivity contribution in [3.05, 3.63) is 24.3 Å². The van der Waals surface area contributed by atoms with Gasteiger partial charge in [0.2, 0.25) is 0 Å². The first-order valence-electron chi connectivity index (χ1n) is 9.62. The number of anilines is 1. The highest BCUT2D eigenvalue weighted by Gasteiger charge is 2.28. The number of hydrogen-bond donors (Lipinski definition) is 1. The quantitative estimate of drug-likeness (QED) is 0.785. The molecule has 2 saturated heterocycles. The molecular weight excluding hydrogens is 376 g/mol. The second-order valence-corrected chi connectivity index (χ2v) is 6.99. The Balaban J connectivity index is 1.32. The summed E-state index contributed by atoms with van der Waals surface area (Å²) in [6.07, 6.45) is 0. The Morgan fingerprint density at radius 1 is 1.00 bits per heavy atom. The number of morpholine rings is 1. The lowest BCUT2D eigenvalue weighted by Gasteiger charge is -2.38. The molecule has 2 aliphatic heterocycles. The molecule has 2 aromatic rings. The zero-order valence-corrected chi connectivity index (χ0v) is 16.3. The maximum atomic E-state index is 12.6. The van der Waals surface area contributed by atoms with E-state index in [4.69, 9.17) is 4.74 Å². The van der Waals surface area contributed by atoms with Gasteiger partial charge in [-0.3, -0.25) is 0 Å². The Kier molecular flexibility index (Phi) is 5.56. The first kappa shape index (κ1) is 19.1. The zero-order chi connectivity index (χ0) is 20.2. The van der Waals surface area contributed by atoms with Crippen LogP contribution in [-0.2, 0) is 11.8 Å². The van der Waals surface area contributed by atoms with Gasteiger partial charge in [-0.1, -0.05) is 12.1 Å². The van der Waals surface area contributed by atoms with Crippen LogP contribution < -0.4 is 5.32 Å². The Labute approximate surface area is 168 Å². The van der Waals surface area contributed by atoms with E-state index < -0.39 is 0 Å². The SMILES string of the molecule is Cn1nnnc1-c1cccc(NC(=O)N2CCN(C(=O)N3CCOCC3)CC2)c1. The van der Waals surface area contributed by atoms with E-state index >= 15 is 0 Å². The van der Waals surface area contributed by atoms with Crippen LogP contribution >= 0.6 is 0 Å². The Morgan fingerprint density at radius 3 is 2.38 bits per heavy atom. The Morgan fingerprint density at radius 2 is 1.69 bits per heavy atom. The number of rotatable bonds is 2. The maximum Gasteiger partial charge on any atom is 0.321 e. The highest BCUT2D eigenvalue weighted by atomic mass is 16.5. The first-order valence-corrected chi connectivity index (χ1v) is 9.62. The molecule has 2 aliphatic rings. The highest BCUT2D eigenvalue weighted by molar-refractivity contribution is 5.90. The predicted octanol–water partition coefficient (Wildman–Crippen LogP) is 0.479. The normalized spacial score (nSPS) is 17.3. The minimum Gasteiger partial charge on any atom is -0.378 e. The van der Waals surface area contributed by atoms with Gasteiger partial charge in [-0.05, 0) is 22.6 Å². The summed E-state index contributed by atoms with van der Waals surface area (Å²) in [6, 6.07) is 7.23. The van der Waals surface area contributed by atoms with Crippen LogP contribution in [0, 0.1) is 0 Å². The molecule has 0 unspecified atom stereocenters. The number of urea groups is 2. The van der Waals surface area contributed by atoms with E-state index in [2.05, 4.69) is 20.8 Å². The third-order valence-electron chi connectivity index (χ3n) is 5.11. The number of piperazine rings is 1. The molecule has 2 fully saturated rings. The van der Waals surface area contributed by atoms with Crippen LogP contribution in [0.15, 0.2) is 24.3 Å². The molecule has 4 rings (SSSR count). The van der Waals surface area contributed by atoms with E-state index in [0.29, 0.717) is 64.0 Å². The van der Waals surface area contributed by atoms with Crippen molar-refractivity contribution in [1.82, 2.24) is 34.9 Å². The van der Waals surface area contributed by atoms with Crippen molar-refractivity contribution in [2.24, 2.45) is 7.05 Å². The molecule has 11 nitrogen and oxygen atoms in total. The lowest BCUT2D eigenvalue weighted by molar-refractivity contribution is 0.0394. The number of carbonyl (C=O) groups is 2. The number of nitrogens with zero attached hydrogens (tertiary/aromatic N) is 7. The number of aromatic nitrogens is 4. The van der Waals surface area contributed by atoms with Crippen molar-refractivity contribution in [2.45, 2.75) is 0 Å². The molecule has 0 saturated carbocycles. The van der Waals surface area contributed by atoms with Crippen LogP contribution in [0.25, 0.3) is 11.4 Å². The van der Waals surface area contributed by atoms with E-state index in [9.17, 15) is 9.59 Å². The second-order valence-electron chi connectivity index (χ2n) is 6.99. The smallest absolute Gasteiger partial charge is 0.321 e. The zero-order valence-electron chi connectivity index (χ0n) is 16.3. The standard InChI is InChI=1S/C18H24N8O3/c1-23-16(20-21-22-23)14-3-2-4-15(13-14)19-17(27)24-5-7-25(8-6-24)18(28)26-9-11-29-12-10-26/h2-4,13H,5-12H2,1H3,(H,19,27). The van der Waals surface area contributed by atoms with E-state index in [1.54, 1.807) is 21.5 Å². The molecule has 4 amide bonds. The second kappa shape index (κ2) is 8.43. The minimum absolute atomic E-state index is 0.0262. The molecule has 1 N–H and O–H groups in total. The van der Waals surface area contributed by atoms with Crippen LogP contribution in [-0.4, -0.2) is 99.5 Å². The average Bonchev–Trinajstić information content (AvgIpc) is 3.20. The summed E-state index contributed by atoms with van der Waals surface area (Å²) in [4.78, 5) is 30.5. The molecule has 11 heteroatoms. The molecule has 0 atom stereocenters. The van der Waals surface area contributed by atoms with Crippen LogP contribution in [0.1, 0.15) is 0 Å². The lowest BCUT2D eigenvalue weighted by atomic mass is 10.2. The molecule has 0 radical (unpaired) electrons. The summed E-state index contributed by atoms with van der Waals surface area (Å²) in [6.45, 7) is 4.44. The van der Waals surface area contributed by atoms with E-state index in [0.717, 1.165) is 5.56 Å². The number of nitrogens with one attached hydrogen (secondary N) is 1. The molecule has 0 aliphatic carbocycles. The molecule has 1 aromatic heterocycles. The largest absolute Gasteiger partial charge is 0.378 e. The number of amides is 4. The Hall–Kier alpha value is -3.21. The summed E-state index contributed by atoms with van der Waals surface area (Å²) in [7, 11) is 1.76. The number of aryl methyl sites for hydroxylation is 1. The Bertz CT molecular complexity index is 871. The number of hydrogen-bond acceptors (Lipinski definition) is 6. The van der Waals surface area contributed by atoms with Gasteiger partial charge in [0.25, 0.3) is 0 Å². The van der Waals surface area contributed by atoms with Crippen molar-refractivity contribution in [3.63, 3.8) is 0 Å². The summed E-state index contributed by atoms with van der Waals surface area (Å²) in [5, 5.41) is 14.4. The van der Waals surface area contributed by atoms with Gasteiger partial charge in [0.1, 0.15) is 0 Å². The number of ether oxygens (including phenoxy) is 1. The summed E-state index contributed by atoms with van der Waals surface area (Å²) < 4.78 is 6.87. The number of carbonyl (C=O) groups excluding carboxylic acids is 2. The van der Waals surface area contributed by atoms with Crippen LogP contribution in [0.4, 0.5) is 15.3 Å². The summed E-state index contributed by atoms with van der Waals surface area (Å²) in [5.74, 6) is 0.622. The fourth-order valence-electron chi connectivity index (χ4n) is 3.47. The first-order chi connectivity index (χ1) is 14.1. The van der Waals surface area contributed by atoms with Crippen molar-refractivity contribution in [2.75, 3.05) is 57.8 Å². The van der Waals surface area contributed by atoms with Gasteiger partial charge in [-0.15, -0.1) is 5.10 Å². The molecule has 29 heavy (non-hydrogen) atoms. The van der Waals surface area contributed by atoms with Crippen molar-refractivity contribution >= 4 is 17.7 Å². The van der Waals surface area contributed by atoms with E-state index in [1.807, 2.05) is 29.2 Å². The topological polar surface area (TPSA) is 109 Å². The van der Waals surface area contributed by atoms with Gasteiger partial charge in [0.15, 0.2) is 5.82 Å². The van der Waals surface area contributed by atoms with Crippen molar-refractivity contribution < 1.29 is 14.3 Å². The van der Waals surface area contributed by atoms with Gasteiger partial charge < -0.3 is 24.8 Å². The van der Waals surface area contributed by atoms with Crippen molar-refractivity contribution in [3.8, 4) is 11.4 Å². The van der Waals surface area contributed by atoms with E-state index in [1.165, 1.54) is 0 Å². The van der Waals surface area contributed by atoms with Gasteiger partial charge in [-0.25, -0.2) is 14.3 Å². The summed E-state index contributed by atoms with van der Waals surface area (Å²) in [5.41, 5.74) is 1.48. The van der Waals surface area contributed by atoms with E-state index in [-0.39, 0.29) is 12.1 Å². The molecule has 154 valence electrons. The van der Waals surface area contributed by atoms with Crippen LogP contribution in [0.2, 0.25) is 0 Å². The van der Waals surface area contributed by atoms with Gasteiger partial charge in [0, 0.05) is 57.6 Å². The molecule has 0 bridgehead atoms. The third-order valence-corrected chi connectivity index (χ3v) is 5.11. The third kappa shape index (κ3) is 4.29. The minimum atomic E-state index is -0.184. The van der Waals surface area contributed by atoms with Gasteiger partial charge in [0.05, 0.1) is 13.2 Å². The maximum absolute atomic E-state index is 12.6. The lowest BCUT2D eigenvalue weighted by Crippen LogP contribution is -2.56. The highest BCUT2D eigenvalue weighted by Crippen LogP contribution is 2.20. The van der Waals surface area contributed by atoms with Gasteiger partial charge >= 0.3 is 12.1 Å².